The fourth-order valence-electron chi connectivity index (χ4n) is 4.07. The zero-order chi connectivity index (χ0) is 17.3. The second-order valence-corrected chi connectivity index (χ2v) is 7.95. The lowest BCUT2D eigenvalue weighted by Gasteiger charge is -2.38. The van der Waals surface area contributed by atoms with Crippen molar-refractivity contribution in [1.82, 2.24) is 14.7 Å². The van der Waals surface area contributed by atoms with Crippen LogP contribution in [-0.4, -0.2) is 44.5 Å². The molecule has 0 spiro atoms. The van der Waals surface area contributed by atoms with E-state index in [9.17, 15) is 9.90 Å². The molecule has 6 heteroatoms. The zero-order valence-electron chi connectivity index (χ0n) is 15.0. The molecule has 134 valence electrons. The van der Waals surface area contributed by atoms with Crippen molar-refractivity contribution in [1.29, 1.82) is 0 Å². The monoisotopic (exact) mass is 334 g/mol. The van der Waals surface area contributed by atoms with Crippen molar-refractivity contribution in [3.8, 4) is 0 Å². The molecule has 2 N–H and O–H groups in total. The molecule has 1 aliphatic carbocycles. The molecule has 0 bridgehead atoms. The fraction of sp³-hybridized carbons (Fsp3) is 0.778. The molecule has 2 amide bonds. The summed E-state index contributed by atoms with van der Waals surface area (Å²) in [7, 11) is 0. The molecule has 2 aliphatic rings. The van der Waals surface area contributed by atoms with Crippen molar-refractivity contribution < 1.29 is 9.90 Å². The van der Waals surface area contributed by atoms with Gasteiger partial charge in [0.15, 0.2) is 0 Å². The Morgan fingerprint density at radius 1 is 1.46 bits per heavy atom. The van der Waals surface area contributed by atoms with Crippen molar-refractivity contribution in [2.24, 2.45) is 11.8 Å². The van der Waals surface area contributed by atoms with Gasteiger partial charge in [0.05, 0.1) is 30.1 Å². The third-order valence-electron chi connectivity index (χ3n) is 5.50. The highest BCUT2D eigenvalue weighted by atomic mass is 16.3. The second-order valence-electron chi connectivity index (χ2n) is 7.95. The number of anilines is 1. The van der Waals surface area contributed by atoms with E-state index in [0.717, 1.165) is 30.9 Å². The van der Waals surface area contributed by atoms with Gasteiger partial charge in [-0.15, -0.1) is 0 Å². The van der Waals surface area contributed by atoms with Gasteiger partial charge in [0.2, 0.25) is 0 Å². The van der Waals surface area contributed by atoms with E-state index in [1.54, 1.807) is 6.20 Å². The lowest BCUT2D eigenvalue weighted by atomic mass is 9.87. The van der Waals surface area contributed by atoms with Gasteiger partial charge in [0, 0.05) is 12.7 Å². The van der Waals surface area contributed by atoms with Gasteiger partial charge < -0.3 is 15.3 Å². The normalized spacial score (nSPS) is 25.3. The van der Waals surface area contributed by atoms with E-state index in [4.69, 9.17) is 0 Å². The Hall–Kier alpha value is -1.56. The maximum absolute atomic E-state index is 12.8. The van der Waals surface area contributed by atoms with Gasteiger partial charge in [-0.25, -0.2) is 4.79 Å². The van der Waals surface area contributed by atoms with Crippen molar-refractivity contribution in [2.45, 2.75) is 64.5 Å². The SMILES string of the molecule is CC(C)C[C@]1(CO)CCCN1C(=O)Nc1cnn([C@@H](C)C2CC2)c1. The highest BCUT2D eigenvalue weighted by Gasteiger charge is 2.43. The number of nitrogens with one attached hydrogen (secondary N) is 1. The molecule has 2 fully saturated rings. The van der Waals surface area contributed by atoms with Gasteiger partial charge in [-0.2, -0.15) is 5.10 Å². The maximum atomic E-state index is 12.8. The molecule has 2 heterocycles. The fourth-order valence-corrected chi connectivity index (χ4v) is 4.07. The smallest absolute Gasteiger partial charge is 0.322 e. The molecule has 1 saturated heterocycles. The number of aromatic nitrogens is 2. The Morgan fingerprint density at radius 2 is 2.21 bits per heavy atom. The Balaban J connectivity index is 1.67. The van der Waals surface area contributed by atoms with Crippen LogP contribution in [0.4, 0.5) is 10.5 Å². The molecule has 3 rings (SSSR count). The number of aliphatic hydroxyl groups is 1. The van der Waals surface area contributed by atoms with E-state index in [0.29, 0.717) is 18.5 Å². The largest absolute Gasteiger partial charge is 0.394 e. The average molecular weight is 334 g/mol. The molecule has 0 aromatic carbocycles. The number of carbonyl (C=O) groups is 1. The standard InChI is InChI=1S/C18H30N4O2/c1-13(2)9-18(12-23)7-4-8-21(18)17(24)20-16-10-19-22(11-16)14(3)15-5-6-15/h10-11,13-15,23H,4-9,12H2,1-3H3,(H,20,24)/t14-,18-/m0/s1. The summed E-state index contributed by atoms with van der Waals surface area (Å²) in [6, 6.07) is 0.265. The molecule has 1 aromatic heterocycles. The average Bonchev–Trinajstić information content (AvgIpc) is 3.15. The van der Waals surface area contributed by atoms with E-state index in [1.165, 1.54) is 12.8 Å². The number of rotatable bonds is 6. The van der Waals surface area contributed by atoms with Gasteiger partial charge in [-0.3, -0.25) is 4.68 Å². The number of hydrogen-bond acceptors (Lipinski definition) is 3. The lowest BCUT2D eigenvalue weighted by Crippen LogP contribution is -2.52. The van der Waals surface area contributed by atoms with Crippen LogP contribution in [0.3, 0.4) is 0 Å². The molecule has 1 aromatic rings. The second kappa shape index (κ2) is 6.75. The molecule has 0 radical (unpaired) electrons. The summed E-state index contributed by atoms with van der Waals surface area (Å²) in [4.78, 5) is 14.6. The summed E-state index contributed by atoms with van der Waals surface area (Å²) in [5.41, 5.74) is 0.311. The van der Waals surface area contributed by atoms with Crippen LogP contribution >= 0.6 is 0 Å². The van der Waals surface area contributed by atoms with Crippen LogP contribution in [-0.2, 0) is 0 Å². The molecule has 2 atom stereocenters. The third kappa shape index (κ3) is 3.43. The van der Waals surface area contributed by atoms with Crippen molar-refractivity contribution >= 4 is 11.7 Å². The maximum Gasteiger partial charge on any atom is 0.322 e. The van der Waals surface area contributed by atoms with E-state index in [1.807, 2.05) is 15.8 Å². The Kier molecular flexibility index (Phi) is 4.85. The minimum absolute atomic E-state index is 0.0244. The van der Waals surface area contributed by atoms with E-state index >= 15 is 0 Å². The first-order valence-corrected chi connectivity index (χ1v) is 9.19. The van der Waals surface area contributed by atoms with E-state index in [2.05, 4.69) is 31.2 Å². The van der Waals surface area contributed by atoms with Crippen molar-refractivity contribution in [3.63, 3.8) is 0 Å². The highest BCUT2D eigenvalue weighted by molar-refractivity contribution is 5.89. The predicted octanol–water partition coefficient (Wildman–Crippen LogP) is 3.26. The van der Waals surface area contributed by atoms with Crippen LogP contribution in [0.15, 0.2) is 12.4 Å². The summed E-state index contributed by atoms with van der Waals surface area (Å²) in [6.45, 7) is 7.17. The zero-order valence-corrected chi connectivity index (χ0v) is 15.0. The Labute approximate surface area is 144 Å². The topological polar surface area (TPSA) is 70.4 Å². The molecular formula is C18H30N4O2. The van der Waals surface area contributed by atoms with E-state index < -0.39 is 5.54 Å². The number of nitrogens with zero attached hydrogens (tertiary/aromatic N) is 3. The van der Waals surface area contributed by atoms with E-state index in [-0.39, 0.29) is 12.6 Å². The van der Waals surface area contributed by atoms with Crippen LogP contribution in [0, 0.1) is 11.8 Å². The first-order valence-electron chi connectivity index (χ1n) is 9.19. The first kappa shape index (κ1) is 17.3. The Morgan fingerprint density at radius 3 is 2.83 bits per heavy atom. The van der Waals surface area contributed by atoms with Crippen molar-refractivity contribution in [2.75, 3.05) is 18.5 Å². The highest BCUT2D eigenvalue weighted by Crippen LogP contribution is 2.39. The minimum atomic E-state index is -0.421. The van der Waals surface area contributed by atoms with Gasteiger partial charge in [-0.05, 0) is 50.9 Å². The minimum Gasteiger partial charge on any atom is -0.394 e. The Bertz CT molecular complexity index is 581. The van der Waals surface area contributed by atoms with Crippen LogP contribution in [0.25, 0.3) is 0 Å². The quantitative estimate of drug-likeness (QED) is 0.839. The molecule has 0 unspecified atom stereocenters. The van der Waals surface area contributed by atoms with Crippen molar-refractivity contribution in [3.05, 3.63) is 12.4 Å². The number of carbonyl (C=O) groups excluding carboxylic acids is 1. The first-order chi connectivity index (χ1) is 11.4. The summed E-state index contributed by atoms with van der Waals surface area (Å²) in [6.07, 6.45) is 8.81. The number of urea groups is 1. The predicted molar refractivity (Wildman–Crippen MR) is 93.9 cm³/mol. The molecule has 1 aliphatic heterocycles. The van der Waals surface area contributed by atoms with Gasteiger partial charge >= 0.3 is 6.03 Å². The molecule has 24 heavy (non-hydrogen) atoms. The van der Waals surface area contributed by atoms with Crippen LogP contribution in [0.5, 0.6) is 0 Å². The van der Waals surface area contributed by atoms with Gasteiger partial charge in [-0.1, -0.05) is 13.8 Å². The number of amides is 2. The number of aliphatic hydroxyl groups excluding tert-OH is 1. The van der Waals surface area contributed by atoms with Gasteiger partial charge in [0.25, 0.3) is 0 Å². The van der Waals surface area contributed by atoms with Gasteiger partial charge in [0.1, 0.15) is 0 Å². The molecule has 6 nitrogen and oxygen atoms in total. The number of hydrogen-bond donors (Lipinski definition) is 2. The summed E-state index contributed by atoms with van der Waals surface area (Å²) < 4.78 is 1.95. The molecule has 1 saturated carbocycles. The summed E-state index contributed by atoms with van der Waals surface area (Å²) >= 11 is 0. The lowest BCUT2D eigenvalue weighted by molar-refractivity contribution is 0.0728. The van der Waals surface area contributed by atoms with Crippen LogP contribution in [0.1, 0.15) is 58.9 Å². The van der Waals surface area contributed by atoms with Crippen LogP contribution in [0.2, 0.25) is 0 Å². The summed E-state index contributed by atoms with van der Waals surface area (Å²) in [5, 5.41) is 17.3. The van der Waals surface area contributed by atoms with Crippen LogP contribution < -0.4 is 5.32 Å². The summed E-state index contributed by atoms with van der Waals surface area (Å²) in [5.74, 6) is 1.16. The third-order valence-corrected chi connectivity index (χ3v) is 5.50. The molecular weight excluding hydrogens is 304 g/mol. The number of likely N-dealkylation sites (tertiary alicyclic amines) is 1.